The van der Waals surface area contributed by atoms with Gasteiger partial charge in [0.1, 0.15) is 40.7 Å². The summed E-state index contributed by atoms with van der Waals surface area (Å²) in [6.45, 7) is 4.14. The standard InChI is InChI=1S/C46H58N7O7PS/c1-29(2)47-45-51-39(28-62-45)38-24-41(35-21-20-33(59-3)22-37(35)49-38)60-34-23-40-42(54)52-46(61(57,58)27-30-14-8-7-9-15-30)25-31(46)16-10-5-4-6-11-19-36(43(55)53(40)26-34)50-44(56)48-32-17-12-13-18-32/h7-10,14-16,20-22,24,28-29,31-32,34,36,40H,4-6,11-13,17-19,23,25-27H2,1-3H3,(H,47,51)(H,52,54)(H,57,58)(H2,48,50,56)/t31-,34-,36+,40+,46+/m1/s1. The number of aromatic nitrogens is 2. The molecule has 4 amide bonds. The lowest BCUT2D eigenvalue weighted by Crippen LogP contribution is -2.56. The number of nitrogens with one attached hydrogen (secondary N) is 4. The monoisotopic (exact) mass is 883 g/mol. The first kappa shape index (κ1) is 43.7. The van der Waals surface area contributed by atoms with E-state index in [0.717, 1.165) is 50.1 Å². The molecule has 0 spiro atoms. The van der Waals surface area contributed by atoms with Gasteiger partial charge in [-0.2, -0.15) is 0 Å². The smallest absolute Gasteiger partial charge is 0.315 e. The van der Waals surface area contributed by atoms with Crippen molar-refractivity contribution in [2.75, 3.05) is 19.0 Å². The van der Waals surface area contributed by atoms with Crippen LogP contribution in [0, 0.1) is 5.92 Å². The Morgan fingerprint density at radius 1 is 1.02 bits per heavy atom. The van der Waals surface area contributed by atoms with Crippen LogP contribution in [0.15, 0.2) is 72.1 Å². The summed E-state index contributed by atoms with van der Waals surface area (Å²) in [5.41, 5.74) is 2.57. The highest BCUT2D eigenvalue weighted by atomic mass is 32.1. The molecule has 2 aromatic carbocycles. The van der Waals surface area contributed by atoms with Crippen LogP contribution in [0.3, 0.4) is 0 Å². The highest BCUT2D eigenvalue weighted by Crippen LogP contribution is 2.71. The Hall–Kier alpha value is -4.98. The maximum atomic E-state index is 14.9. The Kier molecular flexibility index (Phi) is 13.2. The number of methoxy groups -OCH3 is 1. The van der Waals surface area contributed by atoms with E-state index < -0.39 is 42.8 Å². The summed E-state index contributed by atoms with van der Waals surface area (Å²) < 4.78 is 26.9. The van der Waals surface area contributed by atoms with Crippen LogP contribution in [0.5, 0.6) is 11.5 Å². The molecule has 2 saturated carbocycles. The minimum atomic E-state index is -4.05. The number of hydrogen-bond donors (Lipinski definition) is 5. The third-order valence-electron chi connectivity index (χ3n) is 12.5. The van der Waals surface area contributed by atoms with Crippen molar-refractivity contribution in [1.29, 1.82) is 0 Å². The van der Waals surface area contributed by atoms with Crippen LogP contribution in [0.25, 0.3) is 22.3 Å². The van der Waals surface area contributed by atoms with Crippen LogP contribution >= 0.6 is 18.7 Å². The van der Waals surface area contributed by atoms with E-state index >= 15 is 0 Å². The van der Waals surface area contributed by atoms with Gasteiger partial charge in [0.05, 0.1) is 31.0 Å². The highest BCUT2D eigenvalue weighted by Gasteiger charge is 2.66. The first-order chi connectivity index (χ1) is 29.9. The molecule has 0 radical (unpaired) electrons. The first-order valence-corrected chi connectivity index (χ1v) is 24.7. The van der Waals surface area contributed by atoms with Gasteiger partial charge < -0.3 is 40.5 Å². The van der Waals surface area contributed by atoms with E-state index in [0.29, 0.717) is 58.6 Å². The fraction of sp³-hybridized carbons (Fsp3) is 0.500. The number of rotatable bonds is 11. The van der Waals surface area contributed by atoms with E-state index in [4.69, 9.17) is 19.4 Å². The molecular formula is C46H58N7O7PS. The van der Waals surface area contributed by atoms with Crippen molar-refractivity contribution in [3.8, 4) is 22.9 Å². The van der Waals surface area contributed by atoms with Crippen LogP contribution in [0.2, 0.25) is 0 Å². The van der Waals surface area contributed by atoms with E-state index in [1.165, 1.54) is 16.2 Å². The second-order valence-corrected chi connectivity index (χ2v) is 20.9. The SMILES string of the molecule is COc1ccc2c(O[C@@H]3C[C@H]4C(=O)N[C@]5(P(=O)(O)Cc6ccccc6)C[C@H]5C=CCCCCC[C@H](NC(=O)NC5CCCC5)C(=O)N4C3)cc(-c3csc(NC(C)C)n3)nc2c1. The van der Waals surface area contributed by atoms with Gasteiger partial charge in [0.15, 0.2) is 5.13 Å². The number of hydrogen-bond acceptors (Lipinski definition) is 10. The zero-order chi connectivity index (χ0) is 43.4. The summed E-state index contributed by atoms with van der Waals surface area (Å²) in [6, 6.07) is 14.4. The van der Waals surface area contributed by atoms with Crippen molar-refractivity contribution in [3.63, 3.8) is 0 Å². The molecule has 1 saturated heterocycles. The maximum Gasteiger partial charge on any atom is 0.315 e. The molecule has 16 heteroatoms. The largest absolute Gasteiger partial charge is 0.497 e. The van der Waals surface area contributed by atoms with Gasteiger partial charge in [-0.3, -0.25) is 14.2 Å². The number of nitrogens with zero attached hydrogens (tertiary/aromatic N) is 3. The molecule has 8 rings (SSSR count). The van der Waals surface area contributed by atoms with Crippen molar-refractivity contribution >= 4 is 52.6 Å². The molecule has 1 unspecified atom stereocenters. The van der Waals surface area contributed by atoms with Crippen LogP contribution in [0.1, 0.15) is 90.0 Å². The van der Waals surface area contributed by atoms with E-state index in [1.807, 2.05) is 86.0 Å². The molecular weight excluding hydrogens is 826 g/mol. The number of anilines is 1. The van der Waals surface area contributed by atoms with Gasteiger partial charge in [-0.25, -0.2) is 14.8 Å². The zero-order valence-electron chi connectivity index (χ0n) is 35.7. The number of urea groups is 1. The number of allylic oxidation sites excluding steroid dienone is 1. The topological polar surface area (TPSA) is 184 Å². The van der Waals surface area contributed by atoms with Crippen LogP contribution < -0.4 is 30.7 Å². The third-order valence-corrected chi connectivity index (χ3v) is 16.0. The van der Waals surface area contributed by atoms with Crippen molar-refractivity contribution in [1.82, 2.24) is 30.8 Å². The minimum absolute atomic E-state index is 0.0466. The molecule has 3 fully saturated rings. The van der Waals surface area contributed by atoms with E-state index in [9.17, 15) is 23.8 Å². The summed E-state index contributed by atoms with van der Waals surface area (Å²) in [5, 5.41) is 14.5. The summed E-state index contributed by atoms with van der Waals surface area (Å²) in [5.74, 6) is -0.140. The van der Waals surface area contributed by atoms with Crippen molar-refractivity contribution in [2.45, 2.75) is 126 Å². The highest BCUT2D eigenvalue weighted by molar-refractivity contribution is 7.59. The van der Waals surface area contributed by atoms with Gasteiger partial charge in [-0.1, -0.05) is 68.2 Å². The quantitative estimate of drug-likeness (QED) is 0.0732. The average Bonchev–Trinajstić information content (AvgIpc) is 3.66. The number of carbonyl (C=O) groups is 3. The Morgan fingerprint density at radius 2 is 1.81 bits per heavy atom. The van der Waals surface area contributed by atoms with Crippen molar-refractivity contribution in [3.05, 3.63) is 77.7 Å². The molecule has 6 atom stereocenters. The van der Waals surface area contributed by atoms with Gasteiger partial charge in [0, 0.05) is 47.3 Å². The minimum Gasteiger partial charge on any atom is -0.497 e. The molecule has 0 bridgehead atoms. The summed E-state index contributed by atoms with van der Waals surface area (Å²) in [6.07, 6.45) is 11.1. The number of ether oxygens (including phenoxy) is 2. The Morgan fingerprint density at radius 3 is 2.58 bits per heavy atom. The first-order valence-electron chi connectivity index (χ1n) is 22.0. The number of benzene rings is 2. The van der Waals surface area contributed by atoms with Crippen molar-refractivity contribution < 1.29 is 33.3 Å². The third kappa shape index (κ3) is 9.80. The second kappa shape index (κ2) is 18.8. The lowest BCUT2D eigenvalue weighted by atomic mass is 10.0. The van der Waals surface area contributed by atoms with Crippen LogP contribution in [-0.2, 0) is 20.3 Å². The van der Waals surface area contributed by atoms with Crippen LogP contribution in [-0.4, -0.2) is 86.8 Å². The molecule has 4 heterocycles. The lowest BCUT2D eigenvalue weighted by Gasteiger charge is -2.31. The predicted octanol–water partition coefficient (Wildman–Crippen LogP) is 7.97. The fourth-order valence-electron chi connectivity index (χ4n) is 9.16. The Labute approximate surface area is 367 Å². The Bertz CT molecular complexity index is 2340. The van der Waals surface area contributed by atoms with Gasteiger partial charge in [-0.15, -0.1) is 11.3 Å². The molecule has 2 aliphatic heterocycles. The molecule has 2 aliphatic carbocycles. The number of carbonyl (C=O) groups excluding carboxylic acids is 3. The molecule has 330 valence electrons. The maximum absolute atomic E-state index is 14.9. The number of fused-ring (bicyclic) bond motifs is 3. The number of pyridine rings is 1. The molecule has 2 aromatic heterocycles. The normalized spacial score (nSPS) is 25.5. The molecule has 4 aliphatic rings. The van der Waals surface area contributed by atoms with Gasteiger partial charge in [0.25, 0.3) is 0 Å². The van der Waals surface area contributed by atoms with Gasteiger partial charge in [0.2, 0.25) is 19.2 Å². The summed E-state index contributed by atoms with van der Waals surface area (Å²) in [7, 11) is -2.46. The van der Waals surface area contributed by atoms with E-state index in [2.05, 4.69) is 21.3 Å². The summed E-state index contributed by atoms with van der Waals surface area (Å²) >= 11 is 1.48. The Balaban J connectivity index is 1.13. The van der Waals surface area contributed by atoms with Crippen LogP contribution in [0.4, 0.5) is 9.93 Å². The summed E-state index contributed by atoms with van der Waals surface area (Å²) in [4.78, 5) is 66.3. The lowest BCUT2D eigenvalue weighted by molar-refractivity contribution is -0.140. The second-order valence-electron chi connectivity index (χ2n) is 17.5. The molecule has 14 nitrogen and oxygen atoms in total. The fourth-order valence-corrected chi connectivity index (χ4v) is 12.4. The predicted molar refractivity (Wildman–Crippen MR) is 242 cm³/mol. The van der Waals surface area contributed by atoms with Gasteiger partial charge >= 0.3 is 6.03 Å². The zero-order valence-corrected chi connectivity index (χ0v) is 37.4. The number of thiazole rings is 1. The molecule has 62 heavy (non-hydrogen) atoms. The average molecular weight is 884 g/mol. The van der Waals surface area contributed by atoms with E-state index in [1.54, 1.807) is 7.11 Å². The van der Waals surface area contributed by atoms with Crippen molar-refractivity contribution in [2.24, 2.45) is 5.92 Å². The molecule has 5 N–H and O–H groups in total. The number of amides is 4. The van der Waals surface area contributed by atoms with E-state index in [-0.39, 0.29) is 43.0 Å². The molecule has 4 aromatic rings. The van der Waals surface area contributed by atoms with Gasteiger partial charge in [-0.05, 0) is 70.1 Å².